The third kappa shape index (κ3) is 3.41. The van der Waals surface area contributed by atoms with E-state index in [1.165, 1.54) is 11.3 Å². The van der Waals surface area contributed by atoms with E-state index >= 15 is 0 Å². The summed E-state index contributed by atoms with van der Waals surface area (Å²) in [5, 5.41) is 8.68. The molecule has 4 aromatic heterocycles. The molecule has 8 heteroatoms. The fourth-order valence-corrected chi connectivity index (χ4v) is 3.98. The van der Waals surface area contributed by atoms with Crippen molar-refractivity contribution in [1.29, 1.82) is 0 Å². The molecule has 30 heavy (non-hydrogen) atoms. The molecule has 4 heterocycles. The molecule has 0 spiro atoms. The van der Waals surface area contributed by atoms with Crippen molar-refractivity contribution in [2.45, 2.75) is 32.4 Å². The molecular weight excluding hydrogens is 382 g/mol. The third-order valence-electron chi connectivity index (χ3n) is 5.43. The molecule has 0 aromatic carbocycles. The minimum atomic E-state index is -0.234. The Morgan fingerprint density at radius 2 is 2.17 bits per heavy atom. The minimum absolute atomic E-state index is 0.234. The summed E-state index contributed by atoms with van der Waals surface area (Å²) in [6, 6.07) is 8.99. The number of hydrogen-bond acceptors (Lipinski definition) is 6. The van der Waals surface area contributed by atoms with Crippen LogP contribution in [0.1, 0.15) is 39.6 Å². The number of fused-ring (bicyclic) bond motifs is 1. The van der Waals surface area contributed by atoms with E-state index in [1.807, 2.05) is 36.0 Å². The van der Waals surface area contributed by atoms with Crippen LogP contribution in [-0.2, 0) is 33.0 Å². The molecule has 1 aliphatic carbocycles. The molecule has 0 aliphatic heterocycles. The Bertz CT molecular complexity index is 1160. The first-order valence-electron chi connectivity index (χ1n) is 9.91. The van der Waals surface area contributed by atoms with Crippen molar-refractivity contribution >= 4 is 5.91 Å². The largest absolute Gasteiger partial charge is 0.467 e. The van der Waals surface area contributed by atoms with E-state index in [9.17, 15) is 4.79 Å². The highest BCUT2D eigenvalue weighted by Gasteiger charge is 2.27. The van der Waals surface area contributed by atoms with Gasteiger partial charge in [-0.1, -0.05) is 5.16 Å². The molecule has 0 N–H and O–H groups in total. The summed E-state index contributed by atoms with van der Waals surface area (Å²) in [5.41, 5.74) is 4.46. The molecule has 0 unspecified atom stereocenters. The Morgan fingerprint density at radius 1 is 1.23 bits per heavy atom. The molecule has 1 amide bonds. The normalized spacial score (nSPS) is 12.8. The molecule has 0 radical (unpaired) electrons. The van der Waals surface area contributed by atoms with Crippen molar-refractivity contribution in [2.24, 2.45) is 7.05 Å². The molecule has 0 bridgehead atoms. The molecular formula is C22H21N5O3. The molecule has 0 atom stereocenters. The number of aryl methyl sites for hydroxylation is 1. The second-order valence-electron chi connectivity index (χ2n) is 7.41. The molecule has 4 aromatic rings. The standard InChI is InChI=1S/C22H21N5O3/c1-26-20-8-2-7-17(20)19(24-26)14-27(13-16-6-4-10-29-16)22(28)18-11-21(30-25-18)15-5-3-9-23-12-15/h3-6,9-12H,2,7-8,13-14H2,1H3. The monoisotopic (exact) mass is 403 g/mol. The van der Waals surface area contributed by atoms with Gasteiger partial charge in [0.1, 0.15) is 5.76 Å². The van der Waals surface area contributed by atoms with E-state index in [1.54, 1.807) is 29.6 Å². The van der Waals surface area contributed by atoms with Gasteiger partial charge >= 0.3 is 0 Å². The Kier molecular flexibility index (Phi) is 4.66. The first-order valence-corrected chi connectivity index (χ1v) is 9.91. The van der Waals surface area contributed by atoms with E-state index in [0.717, 1.165) is 30.5 Å². The molecule has 0 saturated carbocycles. The maximum absolute atomic E-state index is 13.3. The van der Waals surface area contributed by atoms with Crippen molar-refractivity contribution in [3.05, 3.63) is 77.4 Å². The van der Waals surface area contributed by atoms with Crippen LogP contribution < -0.4 is 0 Å². The van der Waals surface area contributed by atoms with Gasteiger partial charge in [0.2, 0.25) is 0 Å². The van der Waals surface area contributed by atoms with Crippen LogP contribution in [0.4, 0.5) is 0 Å². The maximum Gasteiger partial charge on any atom is 0.276 e. The number of aromatic nitrogens is 4. The van der Waals surface area contributed by atoms with E-state index < -0.39 is 0 Å². The smallest absolute Gasteiger partial charge is 0.276 e. The lowest BCUT2D eigenvalue weighted by atomic mass is 10.1. The number of carbonyl (C=O) groups excluding carboxylic acids is 1. The zero-order chi connectivity index (χ0) is 20.5. The van der Waals surface area contributed by atoms with Crippen LogP contribution in [0.5, 0.6) is 0 Å². The molecule has 0 saturated heterocycles. The molecule has 0 fully saturated rings. The number of amides is 1. The number of carbonyl (C=O) groups is 1. The predicted molar refractivity (Wildman–Crippen MR) is 107 cm³/mol. The zero-order valence-corrected chi connectivity index (χ0v) is 16.6. The van der Waals surface area contributed by atoms with Crippen molar-refractivity contribution in [3.8, 4) is 11.3 Å². The maximum atomic E-state index is 13.3. The highest BCUT2D eigenvalue weighted by Crippen LogP contribution is 2.27. The summed E-state index contributed by atoms with van der Waals surface area (Å²) in [4.78, 5) is 19.1. The molecule has 8 nitrogen and oxygen atoms in total. The number of hydrogen-bond donors (Lipinski definition) is 0. The highest BCUT2D eigenvalue weighted by molar-refractivity contribution is 5.93. The lowest BCUT2D eigenvalue weighted by Crippen LogP contribution is -2.30. The summed E-state index contributed by atoms with van der Waals surface area (Å²) in [6.45, 7) is 0.712. The van der Waals surface area contributed by atoms with Crippen LogP contribution in [0.25, 0.3) is 11.3 Å². The zero-order valence-electron chi connectivity index (χ0n) is 16.6. The third-order valence-corrected chi connectivity index (χ3v) is 5.43. The molecule has 5 rings (SSSR count). The second-order valence-corrected chi connectivity index (χ2v) is 7.41. The lowest BCUT2D eigenvalue weighted by Gasteiger charge is -2.20. The van der Waals surface area contributed by atoms with Crippen LogP contribution in [0.3, 0.4) is 0 Å². The van der Waals surface area contributed by atoms with Gasteiger partial charge in [0.15, 0.2) is 11.5 Å². The summed E-state index contributed by atoms with van der Waals surface area (Å²) in [7, 11) is 1.96. The van der Waals surface area contributed by atoms with Gasteiger partial charge in [0.25, 0.3) is 5.91 Å². The van der Waals surface area contributed by atoms with E-state index in [0.29, 0.717) is 24.6 Å². The van der Waals surface area contributed by atoms with Crippen molar-refractivity contribution < 1.29 is 13.7 Å². The fourth-order valence-electron chi connectivity index (χ4n) is 3.98. The van der Waals surface area contributed by atoms with E-state index in [4.69, 9.17) is 8.94 Å². The second kappa shape index (κ2) is 7.62. The van der Waals surface area contributed by atoms with Gasteiger partial charge in [-0.2, -0.15) is 5.10 Å². The van der Waals surface area contributed by atoms with Crippen molar-refractivity contribution in [3.63, 3.8) is 0 Å². The van der Waals surface area contributed by atoms with Crippen LogP contribution >= 0.6 is 0 Å². The van der Waals surface area contributed by atoms with Gasteiger partial charge < -0.3 is 13.8 Å². The van der Waals surface area contributed by atoms with Gasteiger partial charge in [0.05, 0.1) is 25.0 Å². The first-order chi connectivity index (χ1) is 14.7. The Morgan fingerprint density at radius 3 is 2.97 bits per heavy atom. The summed E-state index contributed by atoms with van der Waals surface area (Å²) in [6.07, 6.45) is 8.11. The first kappa shape index (κ1) is 18.4. The Balaban J connectivity index is 1.44. The van der Waals surface area contributed by atoms with Gasteiger partial charge in [-0.15, -0.1) is 0 Å². The summed E-state index contributed by atoms with van der Waals surface area (Å²) >= 11 is 0. The van der Waals surface area contributed by atoms with Crippen molar-refractivity contribution in [2.75, 3.05) is 0 Å². The predicted octanol–water partition coefficient (Wildman–Crippen LogP) is 3.39. The fraction of sp³-hybridized carbons (Fsp3) is 0.273. The van der Waals surface area contributed by atoms with Gasteiger partial charge in [0, 0.05) is 36.8 Å². The number of pyridine rings is 1. The summed E-state index contributed by atoms with van der Waals surface area (Å²) in [5.74, 6) is 0.970. The van der Waals surface area contributed by atoms with Gasteiger partial charge in [-0.3, -0.25) is 14.5 Å². The average Bonchev–Trinajstić information content (AvgIpc) is 3.56. The van der Waals surface area contributed by atoms with E-state index in [2.05, 4.69) is 15.2 Å². The Labute approximate surface area is 173 Å². The van der Waals surface area contributed by atoms with Crippen LogP contribution in [0, 0.1) is 0 Å². The quantitative estimate of drug-likeness (QED) is 0.490. The number of rotatable bonds is 6. The SMILES string of the molecule is Cn1nc(CN(Cc2ccco2)C(=O)c2cc(-c3cccnc3)on2)c2c1CCC2. The molecule has 152 valence electrons. The van der Waals surface area contributed by atoms with Crippen molar-refractivity contribution in [1.82, 2.24) is 24.8 Å². The number of furan rings is 1. The molecule has 1 aliphatic rings. The highest BCUT2D eigenvalue weighted by atomic mass is 16.5. The van der Waals surface area contributed by atoms with Gasteiger partial charge in [-0.05, 0) is 49.1 Å². The van der Waals surface area contributed by atoms with E-state index in [-0.39, 0.29) is 11.6 Å². The Hall–Kier alpha value is -3.68. The van der Waals surface area contributed by atoms with Gasteiger partial charge in [-0.25, -0.2) is 0 Å². The van der Waals surface area contributed by atoms with Crippen LogP contribution in [0.15, 0.2) is 57.9 Å². The van der Waals surface area contributed by atoms with Crippen LogP contribution in [0.2, 0.25) is 0 Å². The minimum Gasteiger partial charge on any atom is -0.467 e. The summed E-state index contributed by atoms with van der Waals surface area (Å²) < 4.78 is 12.8. The average molecular weight is 403 g/mol. The van der Waals surface area contributed by atoms with Crippen LogP contribution in [-0.4, -0.2) is 30.7 Å². The number of nitrogens with zero attached hydrogens (tertiary/aromatic N) is 5. The topological polar surface area (TPSA) is 90.2 Å². The lowest BCUT2D eigenvalue weighted by molar-refractivity contribution is 0.0704.